The van der Waals surface area contributed by atoms with Gasteiger partial charge in [0.25, 0.3) is 0 Å². The van der Waals surface area contributed by atoms with Gasteiger partial charge >= 0.3 is 6.18 Å². The number of aliphatic imine (C=N–C) groups is 1. The van der Waals surface area contributed by atoms with E-state index in [1.54, 1.807) is 7.05 Å². The highest BCUT2D eigenvalue weighted by molar-refractivity contribution is 14.0. The first-order chi connectivity index (χ1) is 12.8. The Bertz CT molecular complexity index is 767. The Morgan fingerprint density at radius 1 is 1.25 bits per heavy atom. The van der Waals surface area contributed by atoms with E-state index in [2.05, 4.69) is 39.7 Å². The standard InChI is InChI=1S/C17H25F3N6O.HI/c1-5-11(6-2)14-7-13(27-25-14)9-23-16(21-3)22-8-12-10-26(4)24-15(12)17(18,19)20;/h7,10-11H,5-6,8-9H2,1-4H3,(H2,21,22,23);1H. The van der Waals surface area contributed by atoms with E-state index in [9.17, 15) is 13.2 Å². The van der Waals surface area contributed by atoms with E-state index < -0.39 is 11.9 Å². The number of halogens is 4. The number of alkyl halides is 3. The molecule has 2 heterocycles. The lowest BCUT2D eigenvalue weighted by Crippen LogP contribution is -2.36. The van der Waals surface area contributed by atoms with Crippen molar-refractivity contribution in [1.82, 2.24) is 25.6 Å². The summed E-state index contributed by atoms with van der Waals surface area (Å²) in [7, 11) is 2.99. The van der Waals surface area contributed by atoms with Crippen LogP contribution in [0, 0.1) is 0 Å². The number of rotatable bonds is 7. The molecule has 11 heteroatoms. The van der Waals surface area contributed by atoms with E-state index in [1.807, 2.05) is 6.07 Å². The summed E-state index contributed by atoms with van der Waals surface area (Å²) in [5.41, 5.74) is 0.0477. The fraction of sp³-hybridized carbons (Fsp3) is 0.588. The maximum atomic E-state index is 13.0. The highest BCUT2D eigenvalue weighted by Crippen LogP contribution is 2.30. The van der Waals surface area contributed by atoms with Crippen molar-refractivity contribution in [2.45, 2.75) is 51.9 Å². The van der Waals surface area contributed by atoms with Crippen LogP contribution in [0.2, 0.25) is 0 Å². The zero-order valence-corrected chi connectivity index (χ0v) is 18.6. The molecule has 0 aliphatic heterocycles. The van der Waals surface area contributed by atoms with Gasteiger partial charge in [-0.25, -0.2) is 0 Å². The molecule has 28 heavy (non-hydrogen) atoms. The minimum Gasteiger partial charge on any atom is -0.359 e. The third kappa shape index (κ3) is 6.38. The van der Waals surface area contributed by atoms with E-state index >= 15 is 0 Å². The zero-order valence-electron chi connectivity index (χ0n) is 16.3. The lowest BCUT2D eigenvalue weighted by atomic mass is 9.99. The molecule has 2 aromatic rings. The molecule has 0 amide bonds. The quantitative estimate of drug-likeness (QED) is 0.334. The number of nitrogens with zero attached hydrogens (tertiary/aromatic N) is 4. The van der Waals surface area contributed by atoms with E-state index in [0.29, 0.717) is 24.2 Å². The molecule has 158 valence electrons. The predicted octanol–water partition coefficient (Wildman–Crippen LogP) is 3.81. The van der Waals surface area contributed by atoms with Gasteiger partial charge in [0.05, 0.1) is 12.2 Å². The maximum Gasteiger partial charge on any atom is 0.435 e. The van der Waals surface area contributed by atoms with Crippen LogP contribution in [0.3, 0.4) is 0 Å². The van der Waals surface area contributed by atoms with E-state index in [4.69, 9.17) is 4.52 Å². The van der Waals surface area contributed by atoms with Crippen LogP contribution in [0.5, 0.6) is 0 Å². The number of aryl methyl sites for hydroxylation is 1. The normalized spacial score (nSPS) is 12.2. The largest absolute Gasteiger partial charge is 0.435 e. The van der Waals surface area contributed by atoms with Crippen molar-refractivity contribution >= 4 is 29.9 Å². The number of nitrogens with one attached hydrogen (secondary N) is 2. The van der Waals surface area contributed by atoms with E-state index in [1.165, 1.54) is 13.2 Å². The van der Waals surface area contributed by atoms with Crippen molar-refractivity contribution in [2.24, 2.45) is 12.0 Å². The molecule has 0 radical (unpaired) electrons. The number of hydrogen-bond donors (Lipinski definition) is 2. The maximum absolute atomic E-state index is 13.0. The topological polar surface area (TPSA) is 80.3 Å². The molecule has 0 atom stereocenters. The van der Waals surface area contributed by atoms with Gasteiger partial charge in [0.1, 0.15) is 0 Å². The fourth-order valence-electron chi connectivity index (χ4n) is 2.79. The van der Waals surface area contributed by atoms with Crippen LogP contribution in [0.15, 0.2) is 21.8 Å². The monoisotopic (exact) mass is 514 g/mol. The van der Waals surface area contributed by atoms with Crippen molar-refractivity contribution in [3.05, 3.63) is 35.0 Å². The summed E-state index contributed by atoms with van der Waals surface area (Å²) in [6.45, 7) is 4.46. The minimum absolute atomic E-state index is 0. The van der Waals surface area contributed by atoms with Crippen molar-refractivity contribution < 1.29 is 17.7 Å². The molecule has 0 aromatic carbocycles. The van der Waals surface area contributed by atoms with Crippen molar-refractivity contribution in [1.29, 1.82) is 0 Å². The van der Waals surface area contributed by atoms with E-state index in [-0.39, 0.29) is 36.1 Å². The first-order valence-corrected chi connectivity index (χ1v) is 8.78. The van der Waals surface area contributed by atoms with Crippen LogP contribution in [-0.2, 0) is 26.3 Å². The molecule has 0 saturated carbocycles. The molecule has 2 rings (SSSR count). The molecule has 0 aliphatic carbocycles. The van der Waals surface area contributed by atoms with Gasteiger partial charge in [0, 0.05) is 44.4 Å². The third-order valence-electron chi connectivity index (χ3n) is 4.25. The summed E-state index contributed by atoms with van der Waals surface area (Å²) in [6.07, 6.45) is -1.21. The molecule has 0 unspecified atom stereocenters. The zero-order chi connectivity index (χ0) is 20.0. The second-order valence-electron chi connectivity index (χ2n) is 6.19. The van der Waals surface area contributed by atoms with Gasteiger partial charge in [-0.15, -0.1) is 24.0 Å². The Kier molecular flexibility index (Phi) is 9.24. The molecule has 2 aromatic heterocycles. The van der Waals surface area contributed by atoms with Gasteiger partial charge in [0.15, 0.2) is 17.4 Å². The molecule has 0 aliphatic rings. The van der Waals surface area contributed by atoms with Crippen LogP contribution in [0.25, 0.3) is 0 Å². The van der Waals surface area contributed by atoms with Crippen molar-refractivity contribution in [3.8, 4) is 0 Å². The summed E-state index contributed by atoms with van der Waals surface area (Å²) >= 11 is 0. The molecule has 0 spiro atoms. The molecule has 0 saturated heterocycles. The summed E-state index contributed by atoms with van der Waals surface area (Å²) < 4.78 is 45.4. The number of guanidine groups is 1. The Hall–Kier alpha value is -1.79. The number of aromatic nitrogens is 3. The molecular formula is C17H26F3IN6O. The molecule has 0 bridgehead atoms. The second kappa shape index (κ2) is 10.7. The summed E-state index contributed by atoms with van der Waals surface area (Å²) in [5.74, 6) is 1.34. The average Bonchev–Trinajstić information content (AvgIpc) is 3.23. The summed E-state index contributed by atoms with van der Waals surface area (Å²) in [4.78, 5) is 4.01. The van der Waals surface area contributed by atoms with Crippen LogP contribution in [-0.4, -0.2) is 27.9 Å². The SMILES string of the molecule is CCC(CC)c1cc(CNC(=NC)NCc2cn(C)nc2C(F)(F)F)on1.I. The molecular weight excluding hydrogens is 488 g/mol. The molecule has 0 fully saturated rings. The third-order valence-corrected chi connectivity index (χ3v) is 4.25. The lowest BCUT2D eigenvalue weighted by Gasteiger charge is -2.11. The van der Waals surface area contributed by atoms with Crippen LogP contribution in [0.1, 0.15) is 55.3 Å². The number of hydrogen-bond acceptors (Lipinski definition) is 4. The van der Waals surface area contributed by atoms with Crippen molar-refractivity contribution in [2.75, 3.05) is 7.05 Å². The highest BCUT2D eigenvalue weighted by atomic mass is 127. The van der Waals surface area contributed by atoms with Crippen LogP contribution >= 0.6 is 24.0 Å². The minimum atomic E-state index is -4.50. The fourth-order valence-corrected chi connectivity index (χ4v) is 2.79. The lowest BCUT2D eigenvalue weighted by molar-refractivity contribution is -0.142. The highest BCUT2D eigenvalue weighted by Gasteiger charge is 2.36. The average molecular weight is 514 g/mol. The first kappa shape index (κ1) is 24.2. The van der Waals surface area contributed by atoms with Crippen LogP contribution in [0.4, 0.5) is 13.2 Å². The van der Waals surface area contributed by atoms with Gasteiger partial charge in [-0.1, -0.05) is 19.0 Å². The van der Waals surface area contributed by atoms with Gasteiger partial charge in [-0.05, 0) is 12.8 Å². The van der Waals surface area contributed by atoms with Gasteiger partial charge in [-0.3, -0.25) is 9.67 Å². The summed E-state index contributed by atoms with van der Waals surface area (Å²) in [6, 6.07) is 1.89. The Balaban J connectivity index is 0.00000392. The predicted molar refractivity (Wildman–Crippen MR) is 110 cm³/mol. The van der Waals surface area contributed by atoms with Gasteiger partial charge in [-0.2, -0.15) is 18.3 Å². The van der Waals surface area contributed by atoms with Gasteiger partial charge in [0.2, 0.25) is 0 Å². The van der Waals surface area contributed by atoms with E-state index in [0.717, 1.165) is 23.2 Å². The molecule has 2 N–H and O–H groups in total. The second-order valence-corrected chi connectivity index (χ2v) is 6.19. The Labute approximate surface area is 179 Å². The Morgan fingerprint density at radius 2 is 1.89 bits per heavy atom. The van der Waals surface area contributed by atoms with Crippen molar-refractivity contribution in [3.63, 3.8) is 0 Å². The molecule has 7 nitrogen and oxygen atoms in total. The smallest absolute Gasteiger partial charge is 0.359 e. The first-order valence-electron chi connectivity index (χ1n) is 8.78. The Morgan fingerprint density at radius 3 is 2.46 bits per heavy atom. The summed E-state index contributed by atoms with van der Waals surface area (Å²) in [5, 5.41) is 13.4. The van der Waals surface area contributed by atoms with Gasteiger partial charge < -0.3 is 15.2 Å². The van der Waals surface area contributed by atoms with Crippen LogP contribution < -0.4 is 10.6 Å².